The molecule has 16 heavy (non-hydrogen) atoms. The van der Waals surface area contributed by atoms with Gasteiger partial charge in [-0.2, -0.15) is 0 Å². The van der Waals surface area contributed by atoms with E-state index in [9.17, 15) is 4.79 Å². The van der Waals surface area contributed by atoms with Gasteiger partial charge >= 0.3 is 5.97 Å². The Morgan fingerprint density at radius 1 is 1.44 bits per heavy atom. The Bertz CT molecular complexity index is 329. The number of hydrogen-bond acceptors (Lipinski definition) is 4. The highest BCUT2D eigenvalue weighted by Crippen LogP contribution is 2.20. The SMILES string of the molecule is CCSc1ccc([C@@H](N)C(=O)OC)cc1.Cl. The summed E-state index contributed by atoms with van der Waals surface area (Å²) in [6.07, 6.45) is 0. The molecular weight excluding hydrogens is 246 g/mol. The minimum atomic E-state index is -0.685. The van der Waals surface area contributed by atoms with Gasteiger partial charge in [-0.05, 0) is 23.4 Å². The monoisotopic (exact) mass is 261 g/mol. The van der Waals surface area contributed by atoms with Gasteiger partial charge in [0, 0.05) is 4.90 Å². The summed E-state index contributed by atoms with van der Waals surface area (Å²) in [4.78, 5) is 12.3. The van der Waals surface area contributed by atoms with Crippen molar-refractivity contribution in [2.45, 2.75) is 17.9 Å². The summed E-state index contributed by atoms with van der Waals surface area (Å²) in [6.45, 7) is 2.10. The minimum absolute atomic E-state index is 0. The molecule has 2 N–H and O–H groups in total. The topological polar surface area (TPSA) is 52.3 Å². The van der Waals surface area contributed by atoms with Crippen molar-refractivity contribution in [1.29, 1.82) is 0 Å². The number of ether oxygens (including phenoxy) is 1. The number of carbonyl (C=O) groups is 1. The summed E-state index contributed by atoms with van der Waals surface area (Å²) >= 11 is 1.75. The second kappa shape index (κ2) is 7.54. The van der Waals surface area contributed by atoms with Crippen LogP contribution in [0.4, 0.5) is 0 Å². The fraction of sp³-hybridized carbons (Fsp3) is 0.364. The number of rotatable bonds is 4. The number of halogens is 1. The van der Waals surface area contributed by atoms with Crippen molar-refractivity contribution in [2.75, 3.05) is 12.9 Å². The fourth-order valence-electron chi connectivity index (χ4n) is 1.20. The number of hydrogen-bond donors (Lipinski definition) is 1. The number of benzene rings is 1. The average molecular weight is 262 g/mol. The van der Waals surface area contributed by atoms with E-state index in [4.69, 9.17) is 5.73 Å². The largest absolute Gasteiger partial charge is 0.468 e. The highest BCUT2D eigenvalue weighted by atomic mass is 35.5. The molecule has 0 saturated heterocycles. The van der Waals surface area contributed by atoms with Crippen LogP contribution in [0.15, 0.2) is 29.2 Å². The summed E-state index contributed by atoms with van der Waals surface area (Å²) in [6, 6.07) is 6.97. The van der Waals surface area contributed by atoms with Gasteiger partial charge in [0.15, 0.2) is 0 Å². The van der Waals surface area contributed by atoms with E-state index in [-0.39, 0.29) is 12.4 Å². The molecule has 0 unspecified atom stereocenters. The van der Waals surface area contributed by atoms with Crippen LogP contribution in [0.5, 0.6) is 0 Å². The van der Waals surface area contributed by atoms with Crippen molar-refractivity contribution in [1.82, 2.24) is 0 Å². The first-order valence-corrected chi connectivity index (χ1v) is 5.73. The quantitative estimate of drug-likeness (QED) is 0.668. The summed E-state index contributed by atoms with van der Waals surface area (Å²) in [5, 5.41) is 0. The lowest BCUT2D eigenvalue weighted by Gasteiger charge is -2.09. The molecule has 0 heterocycles. The molecule has 0 aliphatic heterocycles. The van der Waals surface area contributed by atoms with Gasteiger partial charge in [-0.3, -0.25) is 4.79 Å². The van der Waals surface area contributed by atoms with E-state index in [0.717, 1.165) is 11.3 Å². The normalized spacial score (nSPS) is 11.4. The van der Waals surface area contributed by atoms with Gasteiger partial charge in [0.2, 0.25) is 0 Å². The van der Waals surface area contributed by atoms with Crippen LogP contribution < -0.4 is 5.73 Å². The molecule has 5 heteroatoms. The van der Waals surface area contributed by atoms with Crippen molar-refractivity contribution in [3.8, 4) is 0 Å². The van der Waals surface area contributed by atoms with Gasteiger partial charge < -0.3 is 10.5 Å². The molecule has 1 atom stereocenters. The van der Waals surface area contributed by atoms with E-state index in [2.05, 4.69) is 11.7 Å². The highest BCUT2D eigenvalue weighted by Gasteiger charge is 2.15. The predicted octanol–water partition coefficient (Wildman–Crippen LogP) is 2.39. The lowest BCUT2D eigenvalue weighted by Crippen LogP contribution is -2.22. The van der Waals surface area contributed by atoms with Crippen LogP contribution in [0, 0.1) is 0 Å². The number of esters is 1. The first kappa shape index (κ1) is 15.3. The zero-order valence-corrected chi connectivity index (χ0v) is 10.9. The molecule has 0 spiro atoms. The average Bonchev–Trinajstić information content (AvgIpc) is 2.28. The van der Waals surface area contributed by atoms with Crippen molar-refractivity contribution in [3.63, 3.8) is 0 Å². The number of thioether (sulfide) groups is 1. The zero-order valence-electron chi connectivity index (χ0n) is 9.30. The molecule has 0 aliphatic rings. The first-order valence-electron chi connectivity index (χ1n) is 4.75. The van der Waals surface area contributed by atoms with Gasteiger partial charge in [0.1, 0.15) is 6.04 Å². The van der Waals surface area contributed by atoms with Crippen LogP contribution in [0.2, 0.25) is 0 Å². The maximum absolute atomic E-state index is 11.2. The molecule has 1 aromatic carbocycles. The van der Waals surface area contributed by atoms with Crippen LogP contribution in [0.3, 0.4) is 0 Å². The second-order valence-corrected chi connectivity index (χ2v) is 4.34. The highest BCUT2D eigenvalue weighted by molar-refractivity contribution is 7.99. The molecule has 0 bridgehead atoms. The zero-order chi connectivity index (χ0) is 11.3. The van der Waals surface area contributed by atoms with Crippen molar-refractivity contribution < 1.29 is 9.53 Å². The van der Waals surface area contributed by atoms with E-state index in [1.54, 1.807) is 11.8 Å². The molecule has 1 aromatic rings. The molecule has 3 nitrogen and oxygen atoms in total. The molecule has 0 amide bonds. The van der Waals surface area contributed by atoms with Crippen LogP contribution >= 0.6 is 24.2 Å². The Labute approximate surface area is 106 Å². The lowest BCUT2D eigenvalue weighted by atomic mass is 10.1. The van der Waals surface area contributed by atoms with Gasteiger partial charge in [-0.25, -0.2) is 0 Å². The molecule has 0 aromatic heterocycles. The number of nitrogens with two attached hydrogens (primary N) is 1. The van der Waals surface area contributed by atoms with Crippen LogP contribution in [0.1, 0.15) is 18.5 Å². The second-order valence-electron chi connectivity index (χ2n) is 3.00. The van der Waals surface area contributed by atoms with E-state index in [1.165, 1.54) is 12.0 Å². The summed E-state index contributed by atoms with van der Waals surface area (Å²) in [7, 11) is 1.34. The van der Waals surface area contributed by atoms with E-state index < -0.39 is 12.0 Å². The van der Waals surface area contributed by atoms with Gasteiger partial charge in [-0.15, -0.1) is 24.2 Å². The van der Waals surface area contributed by atoms with E-state index in [1.807, 2.05) is 24.3 Å². The third kappa shape index (κ3) is 4.04. The molecule has 0 fully saturated rings. The van der Waals surface area contributed by atoms with Gasteiger partial charge in [0.25, 0.3) is 0 Å². The lowest BCUT2D eigenvalue weighted by molar-refractivity contribution is -0.142. The Morgan fingerprint density at radius 2 is 2.00 bits per heavy atom. The molecule has 0 saturated carbocycles. The molecule has 0 radical (unpaired) electrons. The fourth-order valence-corrected chi connectivity index (χ4v) is 1.86. The Hall–Kier alpha value is -0.710. The first-order chi connectivity index (χ1) is 7.19. The minimum Gasteiger partial charge on any atom is -0.468 e. The maximum atomic E-state index is 11.2. The van der Waals surface area contributed by atoms with Gasteiger partial charge in [-0.1, -0.05) is 19.1 Å². The summed E-state index contributed by atoms with van der Waals surface area (Å²) in [5.74, 6) is 0.619. The number of carbonyl (C=O) groups excluding carboxylic acids is 1. The van der Waals surface area contributed by atoms with Crippen molar-refractivity contribution in [2.24, 2.45) is 5.73 Å². The predicted molar refractivity (Wildman–Crippen MR) is 69.0 cm³/mol. The third-order valence-electron chi connectivity index (χ3n) is 2.01. The van der Waals surface area contributed by atoms with Crippen LogP contribution in [-0.4, -0.2) is 18.8 Å². The van der Waals surface area contributed by atoms with Crippen LogP contribution in [-0.2, 0) is 9.53 Å². The summed E-state index contributed by atoms with van der Waals surface area (Å²) < 4.78 is 4.57. The van der Waals surface area contributed by atoms with Crippen molar-refractivity contribution >= 4 is 30.1 Å². The van der Waals surface area contributed by atoms with Crippen LogP contribution in [0.25, 0.3) is 0 Å². The Balaban J connectivity index is 0.00000225. The standard InChI is InChI=1S/C11H15NO2S.ClH/c1-3-15-9-6-4-8(5-7-9)10(12)11(13)14-2;/h4-7,10H,3,12H2,1-2H3;1H/t10-;/m1./s1. The molecular formula is C11H16ClNO2S. The number of methoxy groups -OCH3 is 1. The summed E-state index contributed by atoms with van der Waals surface area (Å²) in [5.41, 5.74) is 6.47. The Kier molecular flexibility index (Phi) is 7.21. The van der Waals surface area contributed by atoms with E-state index in [0.29, 0.717) is 0 Å². The smallest absolute Gasteiger partial charge is 0.327 e. The van der Waals surface area contributed by atoms with E-state index >= 15 is 0 Å². The van der Waals surface area contributed by atoms with Crippen molar-refractivity contribution in [3.05, 3.63) is 29.8 Å². The molecule has 0 aliphatic carbocycles. The Morgan fingerprint density at radius 3 is 2.44 bits per heavy atom. The molecule has 1 rings (SSSR count). The third-order valence-corrected chi connectivity index (χ3v) is 2.90. The van der Waals surface area contributed by atoms with Gasteiger partial charge in [0.05, 0.1) is 7.11 Å². The molecule has 90 valence electrons. The maximum Gasteiger partial charge on any atom is 0.327 e.